The average molecular weight is 270 g/mol. The Morgan fingerprint density at radius 3 is 2.67 bits per heavy atom. The molecular weight excluding hydrogens is 256 g/mol. The van der Waals surface area contributed by atoms with E-state index in [0.717, 1.165) is 0 Å². The number of aromatic nitrogens is 1. The van der Waals surface area contributed by atoms with Crippen LogP contribution in [0.3, 0.4) is 0 Å². The van der Waals surface area contributed by atoms with Gasteiger partial charge < -0.3 is 10.4 Å². The average Bonchev–Trinajstić information content (AvgIpc) is 2.32. The number of pyridine rings is 1. The van der Waals surface area contributed by atoms with Crippen molar-refractivity contribution < 1.29 is 18.3 Å². The first kappa shape index (κ1) is 12.8. The fraction of sp³-hybridized carbons (Fsp3) is 0.455. The zero-order chi connectivity index (χ0) is 13.2. The minimum atomic E-state index is -2.90. The van der Waals surface area contributed by atoms with E-state index < -0.39 is 15.8 Å². The van der Waals surface area contributed by atoms with E-state index in [1.807, 2.05) is 0 Å². The second-order valence-electron chi connectivity index (χ2n) is 4.30. The minimum absolute atomic E-state index is 0.00553. The van der Waals surface area contributed by atoms with Gasteiger partial charge in [-0.2, -0.15) is 0 Å². The lowest BCUT2D eigenvalue weighted by atomic mass is 10.1. The molecule has 98 valence electrons. The molecule has 0 atom stereocenters. The molecule has 1 aliphatic heterocycles. The zero-order valence-electron chi connectivity index (χ0n) is 9.67. The molecule has 0 aromatic carbocycles. The molecule has 0 aliphatic carbocycles. The molecule has 1 fully saturated rings. The van der Waals surface area contributed by atoms with Gasteiger partial charge in [0.25, 0.3) is 0 Å². The van der Waals surface area contributed by atoms with Crippen LogP contribution in [0.5, 0.6) is 0 Å². The number of hydrogen-bond donors (Lipinski definition) is 2. The quantitative estimate of drug-likeness (QED) is 0.842. The molecule has 0 radical (unpaired) electrons. The third-order valence-electron chi connectivity index (χ3n) is 2.97. The van der Waals surface area contributed by atoms with Gasteiger partial charge in [-0.15, -0.1) is 0 Å². The Hall–Kier alpha value is -1.63. The number of nitrogens with zero attached hydrogens (tertiary/aromatic N) is 1. The van der Waals surface area contributed by atoms with Crippen LogP contribution in [-0.2, 0) is 9.84 Å². The Labute approximate surface area is 105 Å². The number of nitrogens with one attached hydrogen (secondary N) is 1. The van der Waals surface area contributed by atoms with Crippen LogP contribution >= 0.6 is 0 Å². The number of carboxylic acid groups (broad SMARTS) is 1. The number of sulfone groups is 1. The SMILES string of the molecule is O=C(O)c1cnccc1NC1CCS(=O)(=O)CC1. The van der Waals surface area contributed by atoms with Gasteiger partial charge in [-0.3, -0.25) is 4.98 Å². The lowest BCUT2D eigenvalue weighted by Gasteiger charge is -2.24. The maximum Gasteiger partial charge on any atom is 0.339 e. The molecule has 0 saturated carbocycles. The van der Waals surface area contributed by atoms with Crippen molar-refractivity contribution in [3.63, 3.8) is 0 Å². The highest BCUT2D eigenvalue weighted by Crippen LogP contribution is 2.20. The van der Waals surface area contributed by atoms with E-state index >= 15 is 0 Å². The minimum Gasteiger partial charge on any atom is -0.478 e. The summed E-state index contributed by atoms with van der Waals surface area (Å²) < 4.78 is 22.6. The van der Waals surface area contributed by atoms with Crippen molar-refractivity contribution in [3.8, 4) is 0 Å². The molecule has 2 heterocycles. The highest BCUT2D eigenvalue weighted by Gasteiger charge is 2.24. The monoisotopic (exact) mass is 270 g/mol. The Kier molecular flexibility index (Phi) is 3.51. The van der Waals surface area contributed by atoms with E-state index in [4.69, 9.17) is 5.11 Å². The van der Waals surface area contributed by atoms with Gasteiger partial charge in [0.1, 0.15) is 15.4 Å². The lowest BCUT2D eigenvalue weighted by Crippen LogP contribution is -2.32. The summed E-state index contributed by atoms with van der Waals surface area (Å²) in [6, 6.07) is 1.58. The van der Waals surface area contributed by atoms with Gasteiger partial charge in [0.2, 0.25) is 0 Å². The van der Waals surface area contributed by atoms with Crippen LogP contribution in [0.4, 0.5) is 5.69 Å². The van der Waals surface area contributed by atoms with Crippen LogP contribution in [0, 0.1) is 0 Å². The smallest absolute Gasteiger partial charge is 0.339 e. The lowest BCUT2D eigenvalue weighted by molar-refractivity contribution is 0.0697. The van der Waals surface area contributed by atoms with E-state index in [9.17, 15) is 13.2 Å². The molecule has 0 spiro atoms. The molecule has 0 amide bonds. The van der Waals surface area contributed by atoms with Gasteiger partial charge in [-0.25, -0.2) is 13.2 Å². The summed E-state index contributed by atoms with van der Waals surface area (Å²) in [5, 5.41) is 12.1. The van der Waals surface area contributed by atoms with E-state index in [1.165, 1.54) is 12.4 Å². The van der Waals surface area contributed by atoms with Crippen LogP contribution < -0.4 is 5.32 Å². The van der Waals surface area contributed by atoms with Crippen molar-refractivity contribution in [1.82, 2.24) is 4.98 Å². The molecule has 0 bridgehead atoms. The predicted molar refractivity (Wildman–Crippen MR) is 66.5 cm³/mol. The third-order valence-corrected chi connectivity index (χ3v) is 4.68. The van der Waals surface area contributed by atoms with Crippen LogP contribution in [0.2, 0.25) is 0 Å². The summed E-state index contributed by atoms with van der Waals surface area (Å²) in [7, 11) is -2.90. The highest BCUT2D eigenvalue weighted by molar-refractivity contribution is 7.91. The summed E-state index contributed by atoms with van der Waals surface area (Å²) in [6.07, 6.45) is 3.80. The topological polar surface area (TPSA) is 96.4 Å². The van der Waals surface area contributed by atoms with Gasteiger partial charge in [0, 0.05) is 18.4 Å². The molecule has 18 heavy (non-hydrogen) atoms. The van der Waals surface area contributed by atoms with Crippen molar-refractivity contribution in [1.29, 1.82) is 0 Å². The van der Waals surface area contributed by atoms with Gasteiger partial charge in [0.05, 0.1) is 17.2 Å². The molecule has 1 aromatic rings. The highest BCUT2D eigenvalue weighted by atomic mass is 32.2. The summed E-state index contributed by atoms with van der Waals surface area (Å²) in [6.45, 7) is 0. The van der Waals surface area contributed by atoms with Gasteiger partial charge >= 0.3 is 5.97 Å². The molecule has 2 rings (SSSR count). The van der Waals surface area contributed by atoms with Crippen LogP contribution in [-0.4, -0.2) is 42.0 Å². The normalized spacial score (nSPS) is 19.3. The van der Waals surface area contributed by atoms with Crippen molar-refractivity contribution in [2.24, 2.45) is 0 Å². The summed E-state index contributed by atoms with van der Waals surface area (Å²) in [4.78, 5) is 14.8. The fourth-order valence-corrected chi connectivity index (χ4v) is 3.44. The number of aromatic carboxylic acids is 1. The Bertz CT molecular complexity index is 542. The van der Waals surface area contributed by atoms with E-state index in [0.29, 0.717) is 18.5 Å². The molecule has 2 N–H and O–H groups in total. The second-order valence-corrected chi connectivity index (χ2v) is 6.60. The third kappa shape index (κ3) is 2.98. The molecular formula is C11H14N2O4S. The number of hydrogen-bond acceptors (Lipinski definition) is 5. The molecule has 7 heteroatoms. The Balaban J connectivity index is 2.09. The van der Waals surface area contributed by atoms with Gasteiger partial charge in [-0.05, 0) is 18.9 Å². The summed E-state index contributed by atoms with van der Waals surface area (Å²) in [5.74, 6) is -0.745. The van der Waals surface area contributed by atoms with Crippen LogP contribution in [0.25, 0.3) is 0 Å². The largest absolute Gasteiger partial charge is 0.478 e. The molecule has 1 aromatic heterocycles. The second kappa shape index (κ2) is 4.93. The van der Waals surface area contributed by atoms with Crippen molar-refractivity contribution in [2.75, 3.05) is 16.8 Å². The van der Waals surface area contributed by atoms with Crippen molar-refractivity contribution in [3.05, 3.63) is 24.0 Å². The van der Waals surface area contributed by atoms with Crippen molar-refractivity contribution in [2.45, 2.75) is 18.9 Å². The first-order valence-electron chi connectivity index (χ1n) is 5.62. The van der Waals surface area contributed by atoms with Crippen LogP contribution in [0.15, 0.2) is 18.5 Å². The molecule has 1 saturated heterocycles. The first-order valence-corrected chi connectivity index (χ1v) is 7.44. The maximum atomic E-state index is 11.3. The standard InChI is InChI=1S/C11H14N2O4S/c14-11(15)9-7-12-4-1-10(9)13-8-2-5-18(16,17)6-3-8/h1,4,7-8H,2-3,5-6H2,(H,12,13)(H,14,15). The van der Waals surface area contributed by atoms with E-state index in [1.54, 1.807) is 6.07 Å². The van der Waals surface area contributed by atoms with Gasteiger partial charge in [-0.1, -0.05) is 0 Å². The summed E-state index contributed by atoms with van der Waals surface area (Å²) in [5.41, 5.74) is 0.590. The number of carboxylic acids is 1. The number of anilines is 1. The Morgan fingerprint density at radius 1 is 1.39 bits per heavy atom. The fourth-order valence-electron chi connectivity index (χ4n) is 1.95. The van der Waals surface area contributed by atoms with E-state index in [2.05, 4.69) is 10.3 Å². The van der Waals surface area contributed by atoms with Crippen LogP contribution in [0.1, 0.15) is 23.2 Å². The van der Waals surface area contributed by atoms with E-state index in [-0.39, 0.29) is 23.1 Å². The molecule has 1 aliphatic rings. The number of rotatable bonds is 3. The Morgan fingerprint density at radius 2 is 2.06 bits per heavy atom. The van der Waals surface area contributed by atoms with Gasteiger partial charge in [0.15, 0.2) is 0 Å². The predicted octanol–water partition coefficient (Wildman–Crippen LogP) is 0.769. The molecule has 6 nitrogen and oxygen atoms in total. The first-order chi connectivity index (χ1) is 8.48. The maximum absolute atomic E-state index is 11.3. The van der Waals surface area contributed by atoms with Crippen molar-refractivity contribution >= 4 is 21.5 Å². The summed E-state index contributed by atoms with van der Waals surface area (Å²) >= 11 is 0. The number of carbonyl (C=O) groups is 1. The zero-order valence-corrected chi connectivity index (χ0v) is 10.5. The molecule has 0 unspecified atom stereocenters.